The SMILES string of the molecule is O=c1[nH]c(O)c(/C=c2/cnn3c(=NC4CC4)nc(-n4cnc5ccccc54)nc23)[nH]1. The first-order valence-corrected chi connectivity index (χ1v) is 9.41. The van der Waals surface area contributed by atoms with Crippen LogP contribution in [0.3, 0.4) is 0 Å². The van der Waals surface area contributed by atoms with Crippen LogP contribution in [0.15, 0.2) is 46.6 Å². The smallest absolute Gasteiger partial charge is 0.326 e. The second kappa shape index (κ2) is 6.11. The van der Waals surface area contributed by atoms with Gasteiger partial charge in [-0.05, 0) is 31.1 Å². The van der Waals surface area contributed by atoms with E-state index >= 15 is 0 Å². The Morgan fingerprint density at radius 2 is 2.07 bits per heavy atom. The van der Waals surface area contributed by atoms with E-state index in [9.17, 15) is 9.90 Å². The number of imidazole rings is 2. The van der Waals surface area contributed by atoms with Gasteiger partial charge in [0, 0.05) is 5.22 Å². The molecule has 5 aromatic rings. The summed E-state index contributed by atoms with van der Waals surface area (Å²) < 4.78 is 3.36. The highest BCUT2D eigenvalue weighted by atomic mass is 16.3. The number of aromatic hydroxyl groups is 1. The number of nitrogens with one attached hydrogen (secondary N) is 2. The molecule has 1 saturated carbocycles. The van der Waals surface area contributed by atoms with E-state index < -0.39 is 5.69 Å². The highest BCUT2D eigenvalue weighted by Gasteiger charge is 2.21. The number of aromatic amines is 2. The second-order valence-electron chi connectivity index (χ2n) is 7.11. The van der Waals surface area contributed by atoms with Gasteiger partial charge in [0.15, 0.2) is 5.65 Å². The average Bonchev–Trinajstić information content (AvgIpc) is 3.16. The minimum atomic E-state index is -0.500. The van der Waals surface area contributed by atoms with Crippen LogP contribution in [0.25, 0.3) is 28.7 Å². The molecule has 0 radical (unpaired) electrons. The van der Waals surface area contributed by atoms with Crippen LogP contribution in [-0.2, 0) is 0 Å². The second-order valence-corrected chi connectivity index (χ2v) is 7.11. The Balaban J connectivity index is 1.65. The van der Waals surface area contributed by atoms with Crippen LogP contribution in [0.5, 0.6) is 5.88 Å². The number of nitrogens with zero attached hydrogens (tertiary/aromatic N) is 7. The number of fused-ring (bicyclic) bond motifs is 2. The molecule has 0 unspecified atom stereocenters. The predicted octanol–water partition coefficient (Wildman–Crippen LogP) is -0.204. The summed E-state index contributed by atoms with van der Waals surface area (Å²) in [5, 5.41) is 14.9. The van der Waals surface area contributed by atoms with Crippen molar-refractivity contribution in [1.29, 1.82) is 0 Å². The fraction of sp³-hybridized carbons (Fsp3) is 0.158. The number of hydrogen-bond donors (Lipinski definition) is 3. The van der Waals surface area contributed by atoms with Gasteiger partial charge in [0.1, 0.15) is 12.0 Å². The molecule has 148 valence electrons. The Kier molecular flexibility index (Phi) is 3.39. The Labute approximate surface area is 167 Å². The van der Waals surface area contributed by atoms with Crippen LogP contribution >= 0.6 is 0 Å². The van der Waals surface area contributed by atoms with Crippen molar-refractivity contribution in [2.45, 2.75) is 18.9 Å². The average molecular weight is 401 g/mol. The minimum absolute atomic E-state index is 0.234. The van der Waals surface area contributed by atoms with Gasteiger partial charge in [0.25, 0.3) is 5.62 Å². The molecule has 1 aliphatic rings. The van der Waals surface area contributed by atoms with Gasteiger partial charge in [-0.25, -0.2) is 14.8 Å². The van der Waals surface area contributed by atoms with E-state index in [0.717, 1.165) is 23.9 Å². The molecule has 0 amide bonds. The van der Waals surface area contributed by atoms with E-state index in [-0.39, 0.29) is 17.6 Å². The first-order valence-electron chi connectivity index (χ1n) is 9.41. The Morgan fingerprint density at radius 1 is 1.20 bits per heavy atom. The monoisotopic (exact) mass is 401 g/mol. The third-order valence-corrected chi connectivity index (χ3v) is 4.92. The maximum Gasteiger partial charge on any atom is 0.326 e. The molecule has 6 rings (SSSR count). The van der Waals surface area contributed by atoms with Gasteiger partial charge >= 0.3 is 5.69 Å². The summed E-state index contributed by atoms with van der Waals surface area (Å²) in [7, 11) is 0. The van der Waals surface area contributed by atoms with Gasteiger partial charge in [-0.2, -0.15) is 19.6 Å². The van der Waals surface area contributed by atoms with Gasteiger partial charge in [0.05, 0.1) is 23.3 Å². The van der Waals surface area contributed by atoms with Gasteiger partial charge in [-0.1, -0.05) is 12.1 Å². The van der Waals surface area contributed by atoms with Crippen molar-refractivity contribution in [2.75, 3.05) is 0 Å². The van der Waals surface area contributed by atoms with Crippen molar-refractivity contribution in [3.8, 4) is 11.8 Å². The zero-order chi connectivity index (χ0) is 20.2. The van der Waals surface area contributed by atoms with Crippen LogP contribution in [0, 0.1) is 0 Å². The molecule has 11 nitrogen and oxygen atoms in total. The molecule has 0 bridgehead atoms. The first kappa shape index (κ1) is 16.7. The third-order valence-electron chi connectivity index (χ3n) is 4.92. The van der Waals surface area contributed by atoms with Gasteiger partial charge in [-0.3, -0.25) is 9.55 Å². The van der Waals surface area contributed by atoms with E-state index in [1.165, 1.54) is 0 Å². The standard InChI is InChI=1S/C19H15N9O2/c29-16-13(23-19(30)25-16)7-10-8-21-28-15(10)24-17(26-18(28)22-11-5-6-11)27-9-20-12-3-1-2-4-14(12)27/h1-4,7-9,11,29H,5-6H2,(H2,23,25,30)/b10-7-,22-18?. The van der Waals surface area contributed by atoms with Crippen molar-refractivity contribution in [2.24, 2.45) is 4.99 Å². The Morgan fingerprint density at radius 3 is 2.87 bits per heavy atom. The van der Waals surface area contributed by atoms with Gasteiger partial charge in [0.2, 0.25) is 11.8 Å². The molecule has 4 heterocycles. The van der Waals surface area contributed by atoms with Crippen molar-refractivity contribution in [3.63, 3.8) is 0 Å². The third kappa shape index (κ3) is 2.67. The van der Waals surface area contributed by atoms with Crippen LogP contribution in [0.1, 0.15) is 18.5 Å². The van der Waals surface area contributed by atoms with E-state index in [1.54, 1.807) is 27.7 Å². The molecule has 3 N–H and O–H groups in total. The van der Waals surface area contributed by atoms with Crippen LogP contribution in [-0.4, -0.2) is 50.2 Å². The van der Waals surface area contributed by atoms with Crippen molar-refractivity contribution in [1.82, 2.24) is 39.1 Å². The van der Waals surface area contributed by atoms with Gasteiger partial charge < -0.3 is 10.1 Å². The number of para-hydroxylation sites is 2. The molecule has 0 atom stereocenters. The summed E-state index contributed by atoms with van der Waals surface area (Å²) in [6.45, 7) is 0. The molecular formula is C19H15N9O2. The number of H-pyrrole nitrogens is 2. The summed E-state index contributed by atoms with van der Waals surface area (Å²) in [5.74, 6) is 0.162. The maximum atomic E-state index is 11.5. The van der Waals surface area contributed by atoms with Crippen LogP contribution < -0.4 is 16.5 Å². The molecule has 1 aliphatic carbocycles. The summed E-state index contributed by atoms with van der Waals surface area (Å²) in [6.07, 6.45) is 6.91. The van der Waals surface area contributed by atoms with Crippen molar-refractivity contribution >= 4 is 22.8 Å². The van der Waals surface area contributed by atoms with E-state index in [4.69, 9.17) is 0 Å². The zero-order valence-corrected chi connectivity index (χ0v) is 15.5. The van der Waals surface area contributed by atoms with Crippen molar-refractivity contribution < 1.29 is 5.11 Å². The van der Waals surface area contributed by atoms with Crippen LogP contribution in [0.4, 0.5) is 0 Å². The fourth-order valence-electron chi connectivity index (χ4n) is 3.30. The molecule has 0 spiro atoms. The topological polar surface area (TPSA) is 142 Å². The molecule has 11 heteroatoms. The Bertz CT molecular complexity index is 1600. The molecule has 0 saturated heterocycles. The summed E-state index contributed by atoms with van der Waals surface area (Å²) in [4.78, 5) is 34.7. The molecule has 30 heavy (non-hydrogen) atoms. The lowest BCUT2D eigenvalue weighted by Crippen LogP contribution is -2.25. The van der Waals surface area contributed by atoms with Crippen molar-refractivity contribution in [3.05, 3.63) is 63.8 Å². The molecule has 1 fully saturated rings. The Hall–Kier alpha value is -4.28. The van der Waals surface area contributed by atoms with E-state index in [0.29, 0.717) is 22.4 Å². The summed E-state index contributed by atoms with van der Waals surface area (Å²) in [6, 6.07) is 7.95. The lowest BCUT2D eigenvalue weighted by atomic mass is 10.3. The van der Waals surface area contributed by atoms with Crippen LogP contribution in [0.2, 0.25) is 0 Å². The first-order chi connectivity index (χ1) is 14.7. The van der Waals surface area contributed by atoms with E-state index in [1.807, 2.05) is 24.3 Å². The van der Waals surface area contributed by atoms with Gasteiger partial charge in [-0.15, -0.1) is 0 Å². The quantitative estimate of drug-likeness (QED) is 0.382. The largest absolute Gasteiger partial charge is 0.493 e. The lowest BCUT2D eigenvalue weighted by Gasteiger charge is -2.03. The highest BCUT2D eigenvalue weighted by molar-refractivity contribution is 5.76. The summed E-state index contributed by atoms with van der Waals surface area (Å²) in [5.41, 5.74) is 2.39. The molecule has 4 aromatic heterocycles. The number of benzene rings is 1. The normalized spacial score (nSPS) is 15.6. The molecule has 1 aromatic carbocycles. The zero-order valence-electron chi connectivity index (χ0n) is 15.5. The highest BCUT2D eigenvalue weighted by Crippen LogP contribution is 2.22. The molecule has 0 aliphatic heterocycles. The lowest BCUT2D eigenvalue weighted by molar-refractivity contribution is 0.454. The number of aromatic nitrogens is 8. The van der Waals surface area contributed by atoms with E-state index in [2.05, 4.69) is 35.0 Å². The summed E-state index contributed by atoms with van der Waals surface area (Å²) >= 11 is 0. The number of hydrogen-bond acceptors (Lipinski definition) is 7. The molecular weight excluding hydrogens is 386 g/mol. The predicted molar refractivity (Wildman–Crippen MR) is 106 cm³/mol. The maximum absolute atomic E-state index is 11.5. The number of rotatable bonds is 3. The minimum Gasteiger partial charge on any atom is -0.493 e. The fourth-order valence-corrected chi connectivity index (χ4v) is 3.30.